The van der Waals surface area contributed by atoms with Crippen LogP contribution in [0.2, 0.25) is 0 Å². The number of nitrogens with two attached hydrogens (primary N) is 1. The van der Waals surface area contributed by atoms with E-state index < -0.39 is 5.82 Å². The van der Waals surface area contributed by atoms with E-state index in [1.807, 2.05) is 0 Å². The number of hydrogen-bond acceptors (Lipinski definition) is 3. The summed E-state index contributed by atoms with van der Waals surface area (Å²) < 4.78 is 15.8. The van der Waals surface area contributed by atoms with Crippen LogP contribution in [-0.2, 0) is 4.79 Å². The van der Waals surface area contributed by atoms with Gasteiger partial charge in [-0.2, -0.15) is 5.10 Å². The third-order valence-electron chi connectivity index (χ3n) is 5.75. The van der Waals surface area contributed by atoms with Crippen molar-refractivity contribution in [2.45, 2.75) is 38.1 Å². The molecule has 2 unspecified atom stereocenters. The lowest BCUT2D eigenvalue weighted by molar-refractivity contribution is -0.122. The molecule has 2 aliphatic rings. The van der Waals surface area contributed by atoms with Crippen molar-refractivity contribution in [3.63, 3.8) is 0 Å². The zero-order valence-corrected chi connectivity index (χ0v) is 16.5. The molecule has 2 fully saturated rings. The van der Waals surface area contributed by atoms with Gasteiger partial charge in [-0.05, 0) is 61.8 Å². The van der Waals surface area contributed by atoms with Gasteiger partial charge in [-0.25, -0.2) is 9.07 Å². The molecule has 0 radical (unpaired) electrons. The summed E-state index contributed by atoms with van der Waals surface area (Å²) in [5, 5.41) is 6.91. The Morgan fingerprint density at radius 3 is 2.52 bits per heavy atom. The Balaban J connectivity index is 0.00000131. The number of carbonyl (C=O) groups excluding carboxylic acids is 1. The molecule has 2 aromatic rings. The van der Waals surface area contributed by atoms with Crippen LogP contribution in [0.4, 0.5) is 10.1 Å². The van der Waals surface area contributed by atoms with E-state index in [0.29, 0.717) is 23.2 Å². The Labute approximate surface area is 170 Å². The summed E-state index contributed by atoms with van der Waals surface area (Å²) in [6, 6.07) is 6.67. The van der Waals surface area contributed by atoms with E-state index in [1.165, 1.54) is 17.2 Å². The van der Waals surface area contributed by atoms with Gasteiger partial charge in [0.1, 0.15) is 5.69 Å². The molecule has 0 saturated heterocycles. The summed E-state index contributed by atoms with van der Waals surface area (Å²) in [5.74, 6) is 0.437. The number of aromatic nitrogens is 2. The maximum absolute atomic E-state index is 14.3. The van der Waals surface area contributed by atoms with E-state index in [-0.39, 0.29) is 42.7 Å². The van der Waals surface area contributed by atoms with E-state index in [0.717, 1.165) is 25.7 Å². The summed E-state index contributed by atoms with van der Waals surface area (Å²) in [7, 11) is 0. The molecule has 3 N–H and O–H groups in total. The molecular formula is C19H25Cl2FN4O. The van der Waals surface area contributed by atoms with Crippen LogP contribution in [0.5, 0.6) is 0 Å². The Bertz CT molecular complexity index is 757. The van der Waals surface area contributed by atoms with Crippen LogP contribution in [0, 0.1) is 23.6 Å². The largest absolute Gasteiger partial charge is 0.327 e. The standard InChI is InChI=1S/C19H23FN4O.2ClH/c20-16-11-15(5-6-17(16)24-8-2-7-22-24)23-19(25)14-9-12-3-1-4-13(10-14)18(12)21;;/h2,5-8,11-14,18H,1,3-4,9-10,21H2,(H,23,25);2*1H. The van der Waals surface area contributed by atoms with Gasteiger partial charge < -0.3 is 11.1 Å². The molecule has 5 nitrogen and oxygen atoms in total. The van der Waals surface area contributed by atoms with Crippen LogP contribution in [0.1, 0.15) is 32.1 Å². The number of nitrogens with zero attached hydrogens (tertiary/aromatic N) is 2. The molecule has 4 rings (SSSR count). The number of nitrogens with one attached hydrogen (secondary N) is 1. The predicted molar refractivity (Wildman–Crippen MR) is 108 cm³/mol. The Morgan fingerprint density at radius 2 is 1.93 bits per heavy atom. The second kappa shape index (κ2) is 9.04. The molecule has 0 spiro atoms. The van der Waals surface area contributed by atoms with Gasteiger partial charge in [0, 0.05) is 30.0 Å². The highest BCUT2D eigenvalue weighted by Crippen LogP contribution is 2.42. The van der Waals surface area contributed by atoms with Crippen LogP contribution < -0.4 is 11.1 Å². The molecule has 2 aliphatic carbocycles. The number of hydrogen-bond donors (Lipinski definition) is 2. The second-order valence-electron chi connectivity index (χ2n) is 7.30. The van der Waals surface area contributed by atoms with Gasteiger partial charge in [0.25, 0.3) is 0 Å². The molecule has 0 aliphatic heterocycles. The minimum absolute atomic E-state index is 0. The lowest BCUT2D eigenvalue weighted by Gasteiger charge is -2.43. The maximum atomic E-state index is 14.3. The van der Waals surface area contributed by atoms with E-state index in [4.69, 9.17) is 5.73 Å². The lowest BCUT2D eigenvalue weighted by atomic mass is 9.65. The zero-order valence-electron chi connectivity index (χ0n) is 14.9. The van der Waals surface area contributed by atoms with E-state index >= 15 is 0 Å². The van der Waals surface area contributed by atoms with E-state index in [9.17, 15) is 9.18 Å². The summed E-state index contributed by atoms with van der Waals surface area (Å²) in [6.07, 6.45) is 8.43. The third-order valence-corrected chi connectivity index (χ3v) is 5.75. The van der Waals surface area contributed by atoms with Gasteiger partial charge >= 0.3 is 0 Å². The van der Waals surface area contributed by atoms with Gasteiger partial charge in [0.2, 0.25) is 5.91 Å². The van der Waals surface area contributed by atoms with Crippen molar-refractivity contribution < 1.29 is 9.18 Å². The van der Waals surface area contributed by atoms with Crippen molar-refractivity contribution in [1.82, 2.24) is 9.78 Å². The average molecular weight is 415 g/mol. The number of benzene rings is 1. The van der Waals surface area contributed by atoms with Gasteiger partial charge in [0.05, 0.1) is 0 Å². The van der Waals surface area contributed by atoms with Crippen molar-refractivity contribution in [3.05, 3.63) is 42.5 Å². The molecule has 1 aromatic carbocycles. The monoisotopic (exact) mass is 414 g/mol. The fraction of sp³-hybridized carbons (Fsp3) is 0.474. The number of anilines is 1. The quantitative estimate of drug-likeness (QED) is 0.798. The lowest BCUT2D eigenvalue weighted by Crippen LogP contribution is -2.48. The van der Waals surface area contributed by atoms with Crippen LogP contribution in [0.3, 0.4) is 0 Å². The SMILES string of the molecule is Cl.Cl.NC1C2CCCC1CC(C(=O)Nc1ccc(-n3cccn3)c(F)c1)C2. The molecule has 2 atom stereocenters. The molecular weight excluding hydrogens is 390 g/mol. The minimum atomic E-state index is -0.413. The van der Waals surface area contributed by atoms with Crippen molar-refractivity contribution in [2.24, 2.45) is 23.5 Å². The first-order chi connectivity index (χ1) is 12.1. The Kier molecular flexibility index (Phi) is 7.25. The smallest absolute Gasteiger partial charge is 0.227 e. The zero-order chi connectivity index (χ0) is 17.4. The molecule has 1 heterocycles. The molecule has 2 saturated carbocycles. The second-order valence-corrected chi connectivity index (χ2v) is 7.30. The van der Waals surface area contributed by atoms with Crippen molar-refractivity contribution in [3.8, 4) is 5.69 Å². The van der Waals surface area contributed by atoms with Gasteiger partial charge in [0.15, 0.2) is 5.82 Å². The van der Waals surface area contributed by atoms with Crippen LogP contribution in [0.25, 0.3) is 5.69 Å². The highest BCUT2D eigenvalue weighted by molar-refractivity contribution is 5.92. The predicted octanol–water partition coefficient (Wildman–Crippen LogP) is 3.95. The molecule has 27 heavy (non-hydrogen) atoms. The fourth-order valence-corrected chi connectivity index (χ4v) is 4.43. The van der Waals surface area contributed by atoms with Crippen molar-refractivity contribution in [1.29, 1.82) is 0 Å². The summed E-state index contributed by atoms with van der Waals surface area (Å²) in [4.78, 5) is 12.6. The minimum Gasteiger partial charge on any atom is -0.327 e. The number of carbonyl (C=O) groups is 1. The Morgan fingerprint density at radius 1 is 1.22 bits per heavy atom. The highest BCUT2D eigenvalue weighted by atomic mass is 35.5. The van der Waals surface area contributed by atoms with E-state index in [1.54, 1.807) is 30.6 Å². The van der Waals surface area contributed by atoms with Crippen LogP contribution >= 0.6 is 24.8 Å². The molecule has 8 heteroatoms. The fourth-order valence-electron chi connectivity index (χ4n) is 4.43. The first-order valence-electron chi connectivity index (χ1n) is 8.98. The third kappa shape index (κ3) is 4.45. The first kappa shape index (κ1) is 21.7. The average Bonchev–Trinajstić information content (AvgIpc) is 3.08. The van der Waals surface area contributed by atoms with Gasteiger partial charge in [-0.15, -0.1) is 24.8 Å². The van der Waals surface area contributed by atoms with Gasteiger partial charge in [-0.3, -0.25) is 4.79 Å². The van der Waals surface area contributed by atoms with Crippen LogP contribution in [-0.4, -0.2) is 21.7 Å². The normalized spacial score (nSPS) is 26.4. The molecule has 148 valence electrons. The summed E-state index contributed by atoms with van der Waals surface area (Å²) >= 11 is 0. The summed E-state index contributed by atoms with van der Waals surface area (Å²) in [6.45, 7) is 0. The number of halogens is 3. The number of amides is 1. The summed E-state index contributed by atoms with van der Waals surface area (Å²) in [5.41, 5.74) is 7.14. The molecule has 2 bridgehead atoms. The van der Waals surface area contributed by atoms with E-state index in [2.05, 4.69) is 10.4 Å². The highest BCUT2D eigenvalue weighted by Gasteiger charge is 2.40. The topological polar surface area (TPSA) is 72.9 Å². The van der Waals surface area contributed by atoms with Crippen molar-refractivity contribution >= 4 is 36.4 Å². The number of fused-ring (bicyclic) bond motifs is 2. The Hall–Kier alpha value is -1.63. The van der Waals surface area contributed by atoms with Crippen LogP contribution in [0.15, 0.2) is 36.7 Å². The number of rotatable bonds is 3. The van der Waals surface area contributed by atoms with Crippen molar-refractivity contribution in [2.75, 3.05) is 5.32 Å². The maximum Gasteiger partial charge on any atom is 0.227 e. The van der Waals surface area contributed by atoms with Gasteiger partial charge in [-0.1, -0.05) is 6.42 Å². The first-order valence-corrected chi connectivity index (χ1v) is 8.98. The molecule has 1 amide bonds. The molecule has 1 aromatic heterocycles.